The molecule has 0 saturated carbocycles. The average Bonchev–Trinajstić information content (AvgIpc) is 2.17. The van der Waals surface area contributed by atoms with Crippen molar-refractivity contribution >= 4 is 0 Å². The van der Waals surface area contributed by atoms with Crippen LogP contribution in [-0.4, -0.2) is 4.98 Å². The van der Waals surface area contributed by atoms with Crippen LogP contribution in [0.1, 0.15) is 44.0 Å². The summed E-state index contributed by atoms with van der Waals surface area (Å²) in [6.45, 7) is 6.50. The van der Waals surface area contributed by atoms with Gasteiger partial charge in [-0.25, -0.2) is 0 Å². The summed E-state index contributed by atoms with van der Waals surface area (Å²) in [5.41, 5.74) is 8.33. The normalized spacial score (nSPS) is 15.1. The Morgan fingerprint density at radius 2 is 2.21 bits per heavy atom. The van der Waals surface area contributed by atoms with Crippen LogP contribution in [0.15, 0.2) is 18.3 Å². The molecule has 1 aromatic heterocycles. The van der Waals surface area contributed by atoms with Gasteiger partial charge in [-0.15, -0.1) is 0 Å². The van der Waals surface area contributed by atoms with Gasteiger partial charge in [0, 0.05) is 12.2 Å². The van der Waals surface area contributed by atoms with Gasteiger partial charge < -0.3 is 5.73 Å². The molecule has 0 aliphatic rings. The second kappa shape index (κ2) is 5.11. The predicted octanol–water partition coefficient (Wildman–Crippen LogP) is 2.83. The first-order chi connectivity index (χ1) is 6.63. The van der Waals surface area contributed by atoms with E-state index in [4.69, 9.17) is 5.73 Å². The van der Waals surface area contributed by atoms with Gasteiger partial charge in [-0.1, -0.05) is 20.3 Å². The van der Waals surface area contributed by atoms with Crippen LogP contribution in [0.4, 0.5) is 0 Å². The third-order valence-electron chi connectivity index (χ3n) is 2.67. The molecule has 0 spiro atoms. The first-order valence-electron chi connectivity index (χ1n) is 5.31. The lowest BCUT2D eigenvalue weighted by atomic mass is 9.97. The highest BCUT2D eigenvalue weighted by atomic mass is 14.8. The Kier molecular flexibility index (Phi) is 4.08. The van der Waals surface area contributed by atoms with E-state index in [1.54, 1.807) is 0 Å². The predicted molar refractivity (Wildman–Crippen MR) is 60.0 cm³/mol. The molecule has 2 atom stereocenters. The Morgan fingerprint density at radius 1 is 1.50 bits per heavy atom. The van der Waals surface area contributed by atoms with Gasteiger partial charge in [0.1, 0.15) is 0 Å². The quantitative estimate of drug-likeness (QED) is 0.796. The van der Waals surface area contributed by atoms with E-state index >= 15 is 0 Å². The Labute approximate surface area is 86.5 Å². The molecule has 2 unspecified atom stereocenters. The summed E-state index contributed by atoms with van der Waals surface area (Å²) in [5.74, 6) is 0.673. The molecule has 1 rings (SSSR count). The van der Waals surface area contributed by atoms with E-state index in [2.05, 4.69) is 31.8 Å². The topological polar surface area (TPSA) is 38.9 Å². The van der Waals surface area contributed by atoms with E-state index in [0.29, 0.717) is 5.92 Å². The maximum atomic E-state index is 6.08. The largest absolute Gasteiger partial charge is 0.323 e. The summed E-state index contributed by atoms with van der Waals surface area (Å²) in [5, 5.41) is 0. The molecule has 0 radical (unpaired) electrons. The van der Waals surface area contributed by atoms with Gasteiger partial charge in [-0.2, -0.15) is 0 Å². The van der Waals surface area contributed by atoms with Crippen LogP contribution in [0.3, 0.4) is 0 Å². The second-order valence-corrected chi connectivity index (χ2v) is 4.11. The highest BCUT2D eigenvalue weighted by Crippen LogP contribution is 2.19. The second-order valence-electron chi connectivity index (χ2n) is 4.11. The zero-order chi connectivity index (χ0) is 10.6. The Hall–Kier alpha value is -0.890. The van der Waals surface area contributed by atoms with E-state index in [1.165, 1.54) is 12.0 Å². The van der Waals surface area contributed by atoms with Crippen molar-refractivity contribution in [1.29, 1.82) is 0 Å². The molecule has 0 saturated heterocycles. The van der Waals surface area contributed by atoms with Crippen molar-refractivity contribution in [3.05, 3.63) is 29.6 Å². The van der Waals surface area contributed by atoms with Crippen LogP contribution in [0.25, 0.3) is 0 Å². The molecule has 14 heavy (non-hydrogen) atoms. The van der Waals surface area contributed by atoms with Gasteiger partial charge in [0.05, 0.1) is 5.69 Å². The fourth-order valence-corrected chi connectivity index (χ4v) is 1.48. The standard InChI is InChI=1S/C12H20N2/c1-4-9(2)7-11(13)12-8-10(3)5-6-14-12/h5-6,8-9,11H,4,7,13H2,1-3H3. The summed E-state index contributed by atoms with van der Waals surface area (Å²) >= 11 is 0. The lowest BCUT2D eigenvalue weighted by Gasteiger charge is -2.15. The maximum absolute atomic E-state index is 6.08. The van der Waals surface area contributed by atoms with E-state index in [0.717, 1.165) is 12.1 Å². The molecule has 0 aliphatic heterocycles. The van der Waals surface area contributed by atoms with Crippen molar-refractivity contribution in [3.8, 4) is 0 Å². The fourth-order valence-electron chi connectivity index (χ4n) is 1.48. The minimum atomic E-state index is 0.0878. The third-order valence-corrected chi connectivity index (χ3v) is 2.67. The Morgan fingerprint density at radius 3 is 2.79 bits per heavy atom. The van der Waals surface area contributed by atoms with Gasteiger partial charge >= 0.3 is 0 Å². The number of hydrogen-bond donors (Lipinski definition) is 1. The molecule has 0 bridgehead atoms. The van der Waals surface area contributed by atoms with Crippen LogP contribution < -0.4 is 5.73 Å². The zero-order valence-electron chi connectivity index (χ0n) is 9.33. The number of aromatic nitrogens is 1. The van der Waals surface area contributed by atoms with Crippen molar-refractivity contribution < 1.29 is 0 Å². The highest BCUT2D eigenvalue weighted by molar-refractivity contribution is 5.16. The number of hydrogen-bond acceptors (Lipinski definition) is 2. The van der Waals surface area contributed by atoms with Gasteiger partial charge in [0.25, 0.3) is 0 Å². The summed E-state index contributed by atoms with van der Waals surface area (Å²) in [7, 11) is 0. The lowest BCUT2D eigenvalue weighted by Crippen LogP contribution is -2.15. The molecule has 2 nitrogen and oxygen atoms in total. The van der Waals surface area contributed by atoms with Crippen molar-refractivity contribution in [2.45, 2.75) is 39.7 Å². The average molecular weight is 192 g/mol. The molecule has 2 heteroatoms. The molecule has 0 aliphatic carbocycles. The van der Waals surface area contributed by atoms with Gasteiger partial charge in [0.15, 0.2) is 0 Å². The van der Waals surface area contributed by atoms with Crippen molar-refractivity contribution in [2.75, 3.05) is 0 Å². The molecule has 2 N–H and O–H groups in total. The molecule has 78 valence electrons. The summed E-state index contributed by atoms with van der Waals surface area (Å²) in [6.07, 6.45) is 4.04. The molecule has 1 aromatic rings. The summed E-state index contributed by atoms with van der Waals surface area (Å²) in [6, 6.07) is 4.16. The van der Waals surface area contributed by atoms with Crippen LogP contribution in [0, 0.1) is 12.8 Å². The smallest absolute Gasteiger partial charge is 0.0573 e. The third kappa shape index (κ3) is 3.11. The minimum absolute atomic E-state index is 0.0878. The Bertz CT molecular complexity index is 283. The van der Waals surface area contributed by atoms with Crippen molar-refractivity contribution in [3.63, 3.8) is 0 Å². The first kappa shape index (κ1) is 11.2. The maximum Gasteiger partial charge on any atom is 0.0573 e. The van der Waals surface area contributed by atoms with Crippen LogP contribution >= 0.6 is 0 Å². The van der Waals surface area contributed by atoms with Gasteiger partial charge in [-0.05, 0) is 37.0 Å². The van der Waals surface area contributed by atoms with Gasteiger partial charge in [0.2, 0.25) is 0 Å². The molecule has 0 aromatic carbocycles. The van der Waals surface area contributed by atoms with E-state index in [9.17, 15) is 0 Å². The number of pyridine rings is 1. The van der Waals surface area contributed by atoms with E-state index < -0.39 is 0 Å². The number of rotatable bonds is 4. The SMILES string of the molecule is CCC(C)CC(N)c1cc(C)ccn1. The monoisotopic (exact) mass is 192 g/mol. The Balaban J connectivity index is 2.64. The molecular formula is C12H20N2. The van der Waals surface area contributed by atoms with Crippen LogP contribution in [0.2, 0.25) is 0 Å². The van der Waals surface area contributed by atoms with Crippen LogP contribution in [0.5, 0.6) is 0 Å². The number of nitrogens with two attached hydrogens (primary N) is 1. The fraction of sp³-hybridized carbons (Fsp3) is 0.583. The summed E-state index contributed by atoms with van der Waals surface area (Å²) in [4.78, 5) is 4.30. The minimum Gasteiger partial charge on any atom is -0.323 e. The molecular weight excluding hydrogens is 172 g/mol. The van der Waals surface area contributed by atoms with E-state index in [-0.39, 0.29) is 6.04 Å². The lowest BCUT2D eigenvalue weighted by molar-refractivity contribution is 0.456. The number of aryl methyl sites for hydroxylation is 1. The first-order valence-corrected chi connectivity index (χ1v) is 5.31. The molecule has 1 heterocycles. The van der Waals surface area contributed by atoms with Crippen molar-refractivity contribution in [1.82, 2.24) is 4.98 Å². The highest BCUT2D eigenvalue weighted by Gasteiger charge is 2.10. The van der Waals surface area contributed by atoms with E-state index in [1.807, 2.05) is 12.3 Å². The van der Waals surface area contributed by atoms with Gasteiger partial charge in [-0.3, -0.25) is 4.98 Å². The molecule has 0 amide bonds. The van der Waals surface area contributed by atoms with Crippen molar-refractivity contribution in [2.24, 2.45) is 11.7 Å². The summed E-state index contributed by atoms with van der Waals surface area (Å²) < 4.78 is 0. The van der Waals surface area contributed by atoms with Crippen LogP contribution in [-0.2, 0) is 0 Å². The molecule has 0 fully saturated rings. The zero-order valence-corrected chi connectivity index (χ0v) is 9.33. The number of nitrogens with zero attached hydrogens (tertiary/aromatic N) is 1.